The van der Waals surface area contributed by atoms with Crippen LogP contribution in [0.15, 0.2) is 59.7 Å². The van der Waals surface area contributed by atoms with Gasteiger partial charge in [-0.3, -0.25) is 9.69 Å². The van der Waals surface area contributed by atoms with Crippen LogP contribution in [0.25, 0.3) is 0 Å². The summed E-state index contributed by atoms with van der Waals surface area (Å²) in [6.07, 6.45) is 0. The fourth-order valence-electron chi connectivity index (χ4n) is 3.66. The molecule has 150 valence electrons. The van der Waals surface area contributed by atoms with Crippen LogP contribution in [0, 0.1) is 13.8 Å². The Labute approximate surface area is 168 Å². The number of para-hydroxylation sites is 1. The summed E-state index contributed by atoms with van der Waals surface area (Å²) >= 11 is 0. The van der Waals surface area contributed by atoms with E-state index in [4.69, 9.17) is 9.47 Å². The van der Waals surface area contributed by atoms with Crippen LogP contribution in [0.2, 0.25) is 0 Å². The van der Waals surface area contributed by atoms with Gasteiger partial charge in [-0.15, -0.1) is 0 Å². The Bertz CT molecular complexity index is 1010. The zero-order chi connectivity index (χ0) is 21.3. The third kappa shape index (κ3) is 3.00. The van der Waals surface area contributed by atoms with Crippen molar-refractivity contribution in [3.63, 3.8) is 0 Å². The summed E-state index contributed by atoms with van der Waals surface area (Å²) in [6.45, 7) is 3.55. The van der Waals surface area contributed by atoms with Gasteiger partial charge in [0.1, 0.15) is 11.1 Å². The molecule has 1 aliphatic rings. The summed E-state index contributed by atoms with van der Waals surface area (Å²) in [6, 6.07) is 13.5. The fraction of sp³-hybridized carbons (Fsp3) is 0.227. The van der Waals surface area contributed by atoms with Crippen LogP contribution in [0.1, 0.15) is 16.7 Å². The lowest BCUT2D eigenvalue weighted by Gasteiger charge is -2.37. The van der Waals surface area contributed by atoms with Crippen molar-refractivity contribution in [1.29, 1.82) is 0 Å². The average Bonchev–Trinajstić information content (AvgIpc) is 2.96. The maximum atomic E-state index is 13.4. The molecule has 0 aromatic heterocycles. The number of carbonyl (C=O) groups excluding carboxylic acids is 3. The lowest BCUT2D eigenvalue weighted by Crippen LogP contribution is -2.48. The van der Waals surface area contributed by atoms with Gasteiger partial charge in [-0.2, -0.15) is 0 Å². The number of aliphatic hydroxyl groups is 1. The Balaban J connectivity index is 2.43. The lowest BCUT2D eigenvalue weighted by molar-refractivity contribution is -0.141. The van der Waals surface area contributed by atoms with Gasteiger partial charge in [0.05, 0.1) is 19.9 Å². The van der Waals surface area contributed by atoms with E-state index in [0.29, 0.717) is 16.8 Å². The molecule has 0 aliphatic carbocycles. The molecule has 1 N–H and O–H groups in total. The van der Waals surface area contributed by atoms with E-state index in [-0.39, 0.29) is 5.56 Å². The summed E-state index contributed by atoms with van der Waals surface area (Å²) in [5.41, 5.74) is -1.31. The molecule has 2 aromatic carbocycles. The molecule has 7 heteroatoms. The number of ether oxygens (including phenoxy) is 2. The lowest BCUT2D eigenvalue weighted by atomic mass is 9.92. The number of nitrogens with zero attached hydrogens (tertiary/aromatic N) is 1. The first kappa shape index (κ1) is 20.3. The Morgan fingerprint density at radius 3 is 1.97 bits per heavy atom. The zero-order valence-electron chi connectivity index (χ0n) is 16.6. The maximum Gasteiger partial charge on any atom is 0.344 e. The van der Waals surface area contributed by atoms with Crippen molar-refractivity contribution >= 4 is 23.5 Å². The first-order valence-electron chi connectivity index (χ1n) is 8.89. The first-order valence-corrected chi connectivity index (χ1v) is 8.89. The molecule has 1 unspecified atom stereocenters. The van der Waals surface area contributed by atoms with Gasteiger partial charge < -0.3 is 14.6 Å². The predicted octanol–water partition coefficient (Wildman–Crippen LogP) is 2.14. The Morgan fingerprint density at radius 2 is 1.45 bits per heavy atom. The summed E-state index contributed by atoms with van der Waals surface area (Å²) in [5, 5.41) is 11.9. The van der Waals surface area contributed by atoms with Crippen LogP contribution in [-0.4, -0.2) is 37.2 Å². The summed E-state index contributed by atoms with van der Waals surface area (Å²) in [5.74, 6) is -2.88. The van der Waals surface area contributed by atoms with Crippen molar-refractivity contribution in [2.75, 3.05) is 19.1 Å². The second-order valence-electron chi connectivity index (χ2n) is 6.65. The van der Waals surface area contributed by atoms with Crippen molar-refractivity contribution in [3.05, 3.63) is 76.4 Å². The van der Waals surface area contributed by atoms with Gasteiger partial charge in [0, 0.05) is 5.56 Å². The average molecular weight is 395 g/mol. The maximum absolute atomic E-state index is 13.4. The van der Waals surface area contributed by atoms with E-state index in [0.717, 1.165) is 19.1 Å². The molecule has 3 rings (SSSR count). The largest absolute Gasteiger partial charge is 0.465 e. The smallest absolute Gasteiger partial charge is 0.344 e. The minimum atomic E-state index is -2.26. The van der Waals surface area contributed by atoms with E-state index in [1.807, 2.05) is 6.07 Å². The molecule has 2 aromatic rings. The molecule has 1 amide bonds. The minimum Gasteiger partial charge on any atom is -0.465 e. The Kier molecular flexibility index (Phi) is 5.26. The molecule has 0 saturated heterocycles. The van der Waals surface area contributed by atoms with Gasteiger partial charge >= 0.3 is 11.9 Å². The highest BCUT2D eigenvalue weighted by atomic mass is 16.5. The van der Waals surface area contributed by atoms with Gasteiger partial charge in [-0.1, -0.05) is 48.5 Å². The number of hydrogen-bond donors (Lipinski definition) is 1. The van der Waals surface area contributed by atoms with Gasteiger partial charge in [-0.05, 0) is 25.0 Å². The molecular formula is C22H21NO6. The van der Waals surface area contributed by atoms with Gasteiger partial charge in [-0.25, -0.2) is 9.59 Å². The van der Waals surface area contributed by atoms with Crippen molar-refractivity contribution in [3.8, 4) is 0 Å². The molecule has 1 heterocycles. The number of hydrogen-bond acceptors (Lipinski definition) is 6. The monoisotopic (exact) mass is 395 g/mol. The van der Waals surface area contributed by atoms with E-state index >= 15 is 0 Å². The number of benzene rings is 2. The fourth-order valence-corrected chi connectivity index (χ4v) is 3.66. The van der Waals surface area contributed by atoms with E-state index in [1.54, 1.807) is 56.3 Å². The summed E-state index contributed by atoms with van der Waals surface area (Å²) in [7, 11) is 2.21. The number of amides is 1. The van der Waals surface area contributed by atoms with E-state index in [1.165, 1.54) is 0 Å². The number of methoxy groups -OCH3 is 2. The van der Waals surface area contributed by atoms with Gasteiger partial charge in [0.25, 0.3) is 5.91 Å². The SMILES string of the molecule is COC(=O)C1=C(C(=O)OC)C(O)(c2ccccc2)N(c2c(C)cccc2C)C1=O. The van der Waals surface area contributed by atoms with Crippen LogP contribution in [0.5, 0.6) is 0 Å². The number of esters is 2. The number of rotatable bonds is 4. The normalized spacial score (nSPS) is 18.8. The van der Waals surface area contributed by atoms with Gasteiger partial charge in [0.15, 0.2) is 0 Å². The van der Waals surface area contributed by atoms with Crippen molar-refractivity contribution in [2.24, 2.45) is 0 Å². The highest BCUT2D eigenvalue weighted by Crippen LogP contribution is 2.47. The third-order valence-corrected chi connectivity index (χ3v) is 4.96. The summed E-state index contributed by atoms with van der Waals surface area (Å²) in [4.78, 5) is 39.7. The quantitative estimate of drug-likeness (QED) is 0.630. The molecule has 29 heavy (non-hydrogen) atoms. The Hall–Kier alpha value is -3.45. The predicted molar refractivity (Wildman–Crippen MR) is 105 cm³/mol. The van der Waals surface area contributed by atoms with Crippen LogP contribution >= 0.6 is 0 Å². The van der Waals surface area contributed by atoms with Crippen molar-refractivity contribution < 1.29 is 29.0 Å². The first-order chi connectivity index (χ1) is 13.8. The summed E-state index contributed by atoms with van der Waals surface area (Å²) < 4.78 is 9.57. The van der Waals surface area contributed by atoms with E-state index < -0.39 is 34.7 Å². The molecule has 0 bridgehead atoms. The van der Waals surface area contributed by atoms with Crippen molar-refractivity contribution in [2.45, 2.75) is 19.6 Å². The molecule has 0 radical (unpaired) electrons. The van der Waals surface area contributed by atoms with E-state index in [2.05, 4.69) is 0 Å². The number of aryl methyl sites for hydroxylation is 2. The topological polar surface area (TPSA) is 93.1 Å². The number of carbonyl (C=O) groups is 3. The van der Waals surface area contributed by atoms with Gasteiger partial charge in [0.2, 0.25) is 5.72 Å². The molecule has 7 nitrogen and oxygen atoms in total. The second-order valence-corrected chi connectivity index (χ2v) is 6.65. The highest BCUT2D eigenvalue weighted by Gasteiger charge is 2.58. The van der Waals surface area contributed by atoms with Crippen LogP contribution in [0.4, 0.5) is 5.69 Å². The Morgan fingerprint density at radius 1 is 0.897 bits per heavy atom. The molecule has 1 aliphatic heterocycles. The second kappa shape index (κ2) is 7.52. The minimum absolute atomic E-state index is 0.232. The van der Waals surface area contributed by atoms with Crippen LogP contribution < -0.4 is 4.90 Å². The third-order valence-electron chi connectivity index (χ3n) is 4.96. The molecule has 0 fully saturated rings. The molecule has 0 saturated carbocycles. The standard InChI is InChI=1S/C22H21NO6/c1-13-9-8-10-14(2)18(13)23-19(24)16(20(25)28-3)17(21(26)29-4)22(23,27)15-11-6-5-7-12-15/h5-12,27H,1-4H3. The van der Waals surface area contributed by atoms with Crippen molar-refractivity contribution in [1.82, 2.24) is 0 Å². The van der Waals surface area contributed by atoms with E-state index in [9.17, 15) is 19.5 Å². The van der Waals surface area contributed by atoms with Crippen LogP contribution in [-0.2, 0) is 29.6 Å². The molecular weight excluding hydrogens is 374 g/mol. The molecule has 0 spiro atoms. The van der Waals surface area contributed by atoms with Crippen LogP contribution in [0.3, 0.4) is 0 Å². The highest BCUT2D eigenvalue weighted by molar-refractivity contribution is 6.30. The molecule has 1 atom stereocenters. The number of anilines is 1. The zero-order valence-corrected chi connectivity index (χ0v) is 16.6.